The lowest BCUT2D eigenvalue weighted by Gasteiger charge is -2.16. The highest BCUT2D eigenvalue weighted by Crippen LogP contribution is 2.31. The standard InChI is InChI=1S/C15H17F2N3O3S/c1-4-12(15(22)23-7-8(2)3)24-13-5-9(14(21)19-20-18)10(16)6-11(13)17/h5-6,8,12H,4,7H2,1-3H3. The average molecular weight is 357 g/mol. The molecule has 0 aliphatic rings. The van der Waals surface area contributed by atoms with E-state index < -0.39 is 34.3 Å². The highest BCUT2D eigenvalue weighted by Gasteiger charge is 2.23. The molecule has 1 rings (SSSR count). The summed E-state index contributed by atoms with van der Waals surface area (Å²) in [6.45, 7) is 5.73. The van der Waals surface area contributed by atoms with Crippen molar-refractivity contribution in [1.29, 1.82) is 0 Å². The Morgan fingerprint density at radius 2 is 2.00 bits per heavy atom. The van der Waals surface area contributed by atoms with Crippen molar-refractivity contribution in [2.75, 3.05) is 6.61 Å². The topological polar surface area (TPSA) is 92.1 Å². The van der Waals surface area contributed by atoms with Crippen molar-refractivity contribution in [2.45, 2.75) is 37.3 Å². The predicted molar refractivity (Wildman–Crippen MR) is 85.6 cm³/mol. The first-order valence-corrected chi connectivity index (χ1v) is 8.09. The van der Waals surface area contributed by atoms with Gasteiger partial charge in [-0.1, -0.05) is 20.8 Å². The van der Waals surface area contributed by atoms with E-state index >= 15 is 0 Å². The summed E-state index contributed by atoms with van der Waals surface area (Å²) in [5.41, 5.74) is 7.69. The molecule has 24 heavy (non-hydrogen) atoms. The molecule has 1 amide bonds. The van der Waals surface area contributed by atoms with Crippen molar-refractivity contribution in [2.24, 2.45) is 11.0 Å². The summed E-state index contributed by atoms with van der Waals surface area (Å²) in [5.74, 6) is -3.56. The van der Waals surface area contributed by atoms with Crippen LogP contribution in [0.2, 0.25) is 0 Å². The lowest BCUT2D eigenvalue weighted by molar-refractivity contribution is -0.144. The first-order chi connectivity index (χ1) is 11.3. The second-order valence-corrected chi connectivity index (χ2v) is 6.54. The number of thioether (sulfide) groups is 1. The molecular formula is C15H17F2N3O3S. The lowest BCUT2D eigenvalue weighted by Crippen LogP contribution is -2.21. The number of amides is 1. The minimum atomic E-state index is -1.16. The second kappa shape index (κ2) is 9.24. The van der Waals surface area contributed by atoms with Crippen LogP contribution in [-0.2, 0) is 9.53 Å². The van der Waals surface area contributed by atoms with Crippen molar-refractivity contribution in [3.8, 4) is 0 Å². The molecule has 1 aromatic rings. The first-order valence-electron chi connectivity index (χ1n) is 7.21. The minimum absolute atomic E-state index is 0.0961. The Labute approximate surface area is 142 Å². The Bertz CT molecular complexity index is 676. The van der Waals surface area contributed by atoms with E-state index in [1.165, 1.54) is 0 Å². The maximum Gasteiger partial charge on any atom is 0.319 e. The zero-order valence-corrected chi connectivity index (χ0v) is 14.3. The van der Waals surface area contributed by atoms with Crippen LogP contribution in [0.5, 0.6) is 0 Å². The van der Waals surface area contributed by atoms with Gasteiger partial charge in [-0.15, -0.1) is 11.8 Å². The van der Waals surface area contributed by atoms with Gasteiger partial charge in [-0.25, -0.2) is 8.78 Å². The van der Waals surface area contributed by atoms with Crippen LogP contribution >= 0.6 is 11.8 Å². The van der Waals surface area contributed by atoms with Gasteiger partial charge < -0.3 is 4.74 Å². The summed E-state index contributed by atoms with van der Waals surface area (Å²) in [4.78, 5) is 25.7. The molecule has 0 spiro atoms. The normalized spacial score (nSPS) is 11.8. The Morgan fingerprint density at radius 1 is 1.33 bits per heavy atom. The van der Waals surface area contributed by atoms with Gasteiger partial charge >= 0.3 is 5.97 Å². The number of azide groups is 1. The number of rotatable bonds is 7. The molecule has 0 aromatic heterocycles. The second-order valence-electron chi connectivity index (χ2n) is 5.30. The Kier molecular flexibility index (Phi) is 7.67. The van der Waals surface area contributed by atoms with Crippen LogP contribution in [0.4, 0.5) is 8.78 Å². The number of halogens is 2. The molecular weight excluding hydrogens is 340 g/mol. The molecule has 0 saturated carbocycles. The van der Waals surface area contributed by atoms with Gasteiger partial charge in [-0.05, 0) is 29.1 Å². The van der Waals surface area contributed by atoms with E-state index in [1.807, 2.05) is 13.8 Å². The molecule has 9 heteroatoms. The number of hydrogen-bond acceptors (Lipinski definition) is 4. The van der Waals surface area contributed by atoms with Crippen LogP contribution in [0.3, 0.4) is 0 Å². The van der Waals surface area contributed by atoms with Gasteiger partial charge in [0.25, 0.3) is 5.91 Å². The molecule has 0 aliphatic carbocycles. The van der Waals surface area contributed by atoms with Crippen molar-refractivity contribution >= 4 is 23.6 Å². The maximum atomic E-state index is 13.9. The highest BCUT2D eigenvalue weighted by molar-refractivity contribution is 8.00. The van der Waals surface area contributed by atoms with E-state index in [0.717, 1.165) is 17.8 Å². The first kappa shape index (κ1) is 19.9. The molecule has 0 bridgehead atoms. The Balaban J connectivity index is 3.03. The van der Waals surface area contributed by atoms with Crippen LogP contribution in [0.1, 0.15) is 37.6 Å². The van der Waals surface area contributed by atoms with Crippen LogP contribution in [0.15, 0.2) is 22.1 Å². The number of esters is 1. The average Bonchev–Trinajstić information content (AvgIpc) is 2.52. The van der Waals surface area contributed by atoms with E-state index in [0.29, 0.717) is 12.5 Å². The highest BCUT2D eigenvalue weighted by atomic mass is 32.2. The lowest BCUT2D eigenvalue weighted by atomic mass is 10.2. The molecule has 0 heterocycles. The third-order valence-electron chi connectivity index (χ3n) is 2.85. The van der Waals surface area contributed by atoms with Crippen molar-refractivity contribution < 1.29 is 23.1 Å². The van der Waals surface area contributed by atoms with Gasteiger partial charge in [-0.3, -0.25) is 9.59 Å². The monoisotopic (exact) mass is 357 g/mol. The molecule has 0 radical (unpaired) electrons. The van der Waals surface area contributed by atoms with Gasteiger partial charge in [0.05, 0.1) is 12.2 Å². The SMILES string of the molecule is CCC(Sc1cc(C(=O)N=[N+]=[N-])c(F)cc1F)C(=O)OCC(C)C. The largest absolute Gasteiger partial charge is 0.465 e. The van der Waals surface area contributed by atoms with Crippen molar-refractivity contribution in [3.63, 3.8) is 0 Å². The van der Waals surface area contributed by atoms with Crippen LogP contribution in [0, 0.1) is 17.6 Å². The summed E-state index contributed by atoms with van der Waals surface area (Å²) in [5, 5.41) is 2.09. The van der Waals surface area contributed by atoms with Gasteiger partial charge in [0, 0.05) is 15.9 Å². The summed E-state index contributed by atoms with van der Waals surface area (Å²) >= 11 is 0.830. The minimum Gasteiger partial charge on any atom is -0.465 e. The summed E-state index contributed by atoms with van der Waals surface area (Å²) in [6, 6.07) is 1.46. The molecule has 0 N–H and O–H groups in total. The fraction of sp³-hybridized carbons (Fsp3) is 0.467. The van der Waals surface area contributed by atoms with Crippen molar-refractivity contribution in [1.82, 2.24) is 0 Å². The third-order valence-corrected chi connectivity index (χ3v) is 4.23. The van der Waals surface area contributed by atoms with Crippen LogP contribution in [-0.4, -0.2) is 23.7 Å². The zero-order chi connectivity index (χ0) is 18.3. The van der Waals surface area contributed by atoms with Gasteiger partial charge in [0.1, 0.15) is 16.9 Å². The zero-order valence-electron chi connectivity index (χ0n) is 13.5. The number of ether oxygens (including phenoxy) is 1. The van der Waals surface area contributed by atoms with Crippen LogP contribution in [0.25, 0.3) is 10.4 Å². The molecule has 1 unspecified atom stereocenters. The number of benzene rings is 1. The maximum absolute atomic E-state index is 13.9. The molecule has 0 fully saturated rings. The third kappa shape index (κ3) is 5.50. The van der Waals surface area contributed by atoms with E-state index in [2.05, 4.69) is 10.0 Å². The predicted octanol–water partition coefficient (Wildman–Crippen LogP) is 4.49. The van der Waals surface area contributed by atoms with E-state index in [4.69, 9.17) is 10.3 Å². The Hall–Kier alpha value is -2.12. The van der Waals surface area contributed by atoms with Crippen LogP contribution < -0.4 is 0 Å². The number of carbonyl (C=O) groups is 2. The number of carbonyl (C=O) groups excluding carboxylic acids is 2. The summed E-state index contributed by atoms with van der Waals surface area (Å²) in [6.07, 6.45) is 0.359. The Morgan fingerprint density at radius 3 is 2.54 bits per heavy atom. The molecule has 1 atom stereocenters. The molecule has 0 saturated heterocycles. The van der Waals surface area contributed by atoms with E-state index in [-0.39, 0.29) is 17.4 Å². The number of hydrogen-bond donors (Lipinski definition) is 0. The fourth-order valence-electron chi connectivity index (χ4n) is 1.67. The smallest absolute Gasteiger partial charge is 0.319 e. The van der Waals surface area contributed by atoms with E-state index in [9.17, 15) is 18.4 Å². The molecule has 1 aromatic carbocycles. The van der Waals surface area contributed by atoms with E-state index in [1.54, 1.807) is 6.92 Å². The van der Waals surface area contributed by atoms with Gasteiger partial charge in [0.2, 0.25) is 0 Å². The summed E-state index contributed by atoms with van der Waals surface area (Å²) in [7, 11) is 0. The van der Waals surface area contributed by atoms with Crippen molar-refractivity contribution in [3.05, 3.63) is 39.8 Å². The van der Waals surface area contributed by atoms with Gasteiger partial charge in [-0.2, -0.15) is 0 Å². The number of nitrogens with zero attached hydrogens (tertiary/aromatic N) is 3. The molecule has 6 nitrogen and oxygen atoms in total. The van der Waals surface area contributed by atoms with Gasteiger partial charge in [0.15, 0.2) is 0 Å². The molecule has 130 valence electrons. The summed E-state index contributed by atoms with van der Waals surface area (Å²) < 4.78 is 32.7. The molecule has 0 aliphatic heterocycles. The fourth-order valence-corrected chi connectivity index (χ4v) is 2.67. The quantitative estimate of drug-likeness (QED) is 0.236.